The lowest BCUT2D eigenvalue weighted by molar-refractivity contribution is -0.704. The first kappa shape index (κ1) is 30.2. The van der Waals surface area contributed by atoms with Gasteiger partial charge in [0.1, 0.15) is 12.4 Å². The minimum absolute atomic E-state index is 1.20. The fourth-order valence-electron chi connectivity index (χ4n) is 5.06. The van der Waals surface area contributed by atoms with Crippen molar-refractivity contribution in [3.63, 3.8) is 0 Å². The third kappa shape index (κ3) is 16.5. The van der Waals surface area contributed by atoms with Crippen LogP contribution in [0.2, 0.25) is 0 Å². The number of aryl methyl sites for hydroxylation is 2. The molecule has 33 heavy (non-hydrogen) atoms. The monoisotopic (exact) mass is 461 g/mol. The predicted molar refractivity (Wildman–Crippen MR) is 147 cm³/mol. The first-order valence-electron chi connectivity index (χ1n) is 15.4. The second-order valence-corrected chi connectivity index (χ2v) is 10.6. The highest BCUT2D eigenvalue weighted by atomic mass is 15.1. The molecule has 0 aliphatic carbocycles. The molecule has 0 aliphatic heterocycles. The largest absolute Gasteiger partial charge is 0.256 e. The first-order valence-corrected chi connectivity index (χ1v) is 15.4. The van der Waals surface area contributed by atoms with Crippen molar-refractivity contribution < 1.29 is 4.57 Å². The number of nitrogens with zero attached hydrogens (tertiary/aromatic N) is 2. The van der Waals surface area contributed by atoms with Crippen LogP contribution in [0, 0.1) is 0 Å². The van der Waals surface area contributed by atoms with E-state index in [0.29, 0.717) is 0 Å². The maximum Gasteiger partial charge on any atom is 0.256 e. The van der Waals surface area contributed by atoms with E-state index in [9.17, 15) is 0 Å². The summed E-state index contributed by atoms with van der Waals surface area (Å²) in [6.07, 6.45) is 37.1. The standard InChI is InChI=1S/C31H61N2/c1-4-7-10-12-14-16-18-20-22-24-26-31-32(27-9-6-3)29-30-33(31)28-25-23-21-19-17-15-13-11-8-5-2/h29-30H,4-28H2,1-3H3/q+1. The molecule has 0 bridgehead atoms. The Kier molecular flexibility index (Phi) is 21.1. The molecule has 194 valence electrons. The topological polar surface area (TPSA) is 8.81 Å². The normalized spacial score (nSPS) is 11.5. The Bertz CT molecular complexity index is 519. The van der Waals surface area contributed by atoms with E-state index in [1.54, 1.807) is 5.82 Å². The van der Waals surface area contributed by atoms with Crippen LogP contribution < -0.4 is 4.57 Å². The second-order valence-electron chi connectivity index (χ2n) is 10.6. The number of imidazole rings is 1. The third-order valence-corrected chi connectivity index (χ3v) is 7.35. The zero-order valence-corrected chi connectivity index (χ0v) is 23.2. The number of aromatic nitrogens is 2. The van der Waals surface area contributed by atoms with Crippen molar-refractivity contribution in [2.24, 2.45) is 0 Å². The Morgan fingerprint density at radius 2 is 0.939 bits per heavy atom. The van der Waals surface area contributed by atoms with Gasteiger partial charge in [0.15, 0.2) is 0 Å². The molecule has 0 saturated heterocycles. The lowest BCUT2D eigenvalue weighted by atomic mass is 10.1. The van der Waals surface area contributed by atoms with Crippen molar-refractivity contribution in [2.45, 2.75) is 182 Å². The Balaban J connectivity index is 2.22. The summed E-state index contributed by atoms with van der Waals surface area (Å²) < 4.78 is 5.15. The summed E-state index contributed by atoms with van der Waals surface area (Å²) in [5.74, 6) is 1.60. The molecule has 0 amide bonds. The summed E-state index contributed by atoms with van der Waals surface area (Å²) in [5.41, 5.74) is 0. The molecule has 0 aromatic carbocycles. The molecular formula is C31H61N2+. The fourth-order valence-corrected chi connectivity index (χ4v) is 5.06. The molecule has 0 fully saturated rings. The molecule has 0 spiro atoms. The molecule has 2 nitrogen and oxygen atoms in total. The molecule has 1 rings (SSSR count). The van der Waals surface area contributed by atoms with Crippen LogP contribution in [0.1, 0.15) is 168 Å². The highest BCUT2D eigenvalue weighted by molar-refractivity contribution is 4.84. The van der Waals surface area contributed by atoms with E-state index in [2.05, 4.69) is 42.3 Å². The number of hydrogen-bond donors (Lipinski definition) is 0. The summed E-state index contributed by atoms with van der Waals surface area (Å²) >= 11 is 0. The highest BCUT2D eigenvalue weighted by Gasteiger charge is 2.16. The van der Waals surface area contributed by atoms with Crippen LogP contribution in [0.25, 0.3) is 0 Å². The van der Waals surface area contributed by atoms with Gasteiger partial charge in [0.2, 0.25) is 0 Å². The van der Waals surface area contributed by atoms with E-state index in [0.717, 1.165) is 0 Å². The van der Waals surface area contributed by atoms with Gasteiger partial charge >= 0.3 is 0 Å². The summed E-state index contributed by atoms with van der Waals surface area (Å²) in [6.45, 7) is 9.35. The molecular weight excluding hydrogens is 400 g/mol. The molecule has 0 aliphatic rings. The van der Waals surface area contributed by atoms with Crippen LogP contribution in [-0.2, 0) is 19.5 Å². The van der Waals surface area contributed by atoms with Gasteiger partial charge in [0, 0.05) is 6.42 Å². The Labute approximate surface area is 208 Å². The smallest absolute Gasteiger partial charge is 0.234 e. The molecule has 0 saturated carbocycles. The van der Waals surface area contributed by atoms with Crippen molar-refractivity contribution in [1.82, 2.24) is 4.57 Å². The third-order valence-electron chi connectivity index (χ3n) is 7.35. The lowest BCUT2D eigenvalue weighted by Crippen LogP contribution is -2.37. The minimum atomic E-state index is 1.20. The summed E-state index contributed by atoms with van der Waals surface area (Å²) in [5, 5.41) is 0. The van der Waals surface area contributed by atoms with Crippen LogP contribution in [0.15, 0.2) is 12.4 Å². The van der Waals surface area contributed by atoms with E-state index in [-0.39, 0.29) is 0 Å². The predicted octanol–water partition coefficient (Wildman–Crippen LogP) is 9.96. The lowest BCUT2D eigenvalue weighted by Gasteiger charge is -2.06. The molecule has 0 radical (unpaired) electrons. The van der Waals surface area contributed by atoms with Crippen molar-refractivity contribution >= 4 is 0 Å². The molecule has 2 heteroatoms. The van der Waals surface area contributed by atoms with E-state index in [1.807, 2.05) is 0 Å². The van der Waals surface area contributed by atoms with Crippen molar-refractivity contribution in [3.05, 3.63) is 18.2 Å². The van der Waals surface area contributed by atoms with Gasteiger partial charge in [-0.25, -0.2) is 9.13 Å². The molecule has 0 unspecified atom stereocenters. The van der Waals surface area contributed by atoms with Gasteiger partial charge in [-0.3, -0.25) is 0 Å². The van der Waals surface area contributed by atoms with Crippen LogP contribution in [-0.4, -0.2) is 4.57 Å². The Morgan fingerprint density at radius 3 is 1.42 bits per heavy atom. The Hall–Kier alpha value is -0.790. The SMILES string of the molecule is CCCCCCCCCCCCc1n(CCCCCCCCCCCC)cc[n+]1CCCC. The van der Waals surface area contributed by atoms with E-state index in [4.69, 9.17) is 0 Å². The summed E-state index contributed by atoms with van der Waals surface area (Å²) in [4.78, 5) is 0. The number of hydrogen-bond acceptors (Lipinski definition) is 0. The zero-order chi connectivity index (χ0) is 23.8. The molecule has 1 heterocycles. The molecule has 1 aromatic rings. The maximum absolute atomic E-state index is 2.59. The van der Waals surface area contributed by atoms with Crippen LogP contribution in [0.4, 0.5) is 0 Å². The second kappa shape index (κ2) is 23.0. The first-order chi connectivity index (χ1) is 16.3. The van der Waals surface area contributed by atoms with Gasteiger partial charge in [-0.15, -0.1) is 0 Å². The average molecular weight is 462 g/mol. The van der Waals surface area contributed by atoms with Gasteiger partial charge in [-0.1, -0.05) is 136 Å². The highest BCUT2D eigenvalue weighted by Crippen LogP contribution is 2.14. The van der Waals surface area contributed by atoms with Gasteiger partial charge < -0.3 is 0 Å². The van der Waals surface area contributed by atoms with Gasteiger partial charge in [0.25, 0.3) is 5.82 Å². The van der Waals surface area contributed by atoms with Crippen LogP contribution >= 0.6 is 0 Å². The van der Waals surface area contributed by atoms with Crippen molar-refractivity contribution in [2.75, 3.05) is 0 Å². The van der Waals surface area contributed by atoms with E-state index < -0.39 is 0 Å². The number of rotatable bonds is 25. The summed E-state index contributed by atoms with van der Waals surface area (Å²) in [7, 11) is 0. The molecule has 0 N–H and O–H groups in total. The number of unbranched alkanes of at least 4 members (excludes halogenated alkanes) is 19. The van der Waals surface area contributed by atoms with Gasteiger partial charge in [-0.05, 0) is 25.7 Å². The van der Waals surface area contributed by atoms with Crippen molar-refractivity contribution in [3.8, 4) is 0 Å². The van der Waals surface area contributed by atoms with Gasteiger partial charge in [0.05, 0.1) is 13.1 Å². The zero-order valence-electron chi connectivity index (χ0n) is 23.2. The maximum atomic E-state index is 2.59. The molecule has 0 atom stereocenters. The quantitative estimate of drug-likeness (QED) is 0.101. The Morgan fingerprint density at radius 1 is 0.515 bits per heavy atom. The minimum Gasteiger partial charge on any atom is -0.234 e. The fraction of sp³-hybridized carbons (Fsp3) is 0.903. The van der Waals surface area contributed by atoms with E-state index >= 15 is 0 Å². The average Bonchev–Trinajstić information content (AvgIpc) is 3.21. The van der Waals surface area contributed by atoms with E-state index in [1.165, 1.54) is 161 Å². The summed E-state index contributed by atoms with van der Waals surface area (Å²) in [6, 6.07) is 0. The van der Waals surface area contributed by atoms with Crippen molar-refractivity contribution in [1.29, 1.82) is 0 Å². The molecule has 1 aromatic heterocycles. The van der Waals surface area contributed by atoms with Gasteiger partial charge in [-0.2, -0.15) is 0 Å². The van der Waals surface area contributed by atoms with Crippen LogP contribution in [0.5, 0.6) is 0 Å². The van der Waals surface area contributed by atoms with Crippen LogP contribution in [0.3, 0.4) is 0 Å².